The van der Waals surface area contributed by atoms with Crippen molar-refractivity contribution in [1.82, 2.24) is 58.5 Å². The number of nitrogens with zero attached hydrogens (tertiary/aromatic N) is 1. The second-order valence-electron chi connectivity index (χ2n) is 28.1. The molecular weight excluding hydrogens is 1350 g/mol. The highest BCUT2D eigenvalue weighted by atomic mass is 16.6. The molecule has 2 unspecified atom stereocenters. The Bertz CT molecular complexity index is 3230. The molecule has 1 saturated heterocycles. The highest BCUT2D eigenvalue weighted by Crippen LogP contribution is 2.26. The molecule has 0 aliphatic carbocycles. The Hall–Kier alpha value is -9.58. The van der Waals surface area contributed by atoms with Crippen molar-refractivity contribution in [1.29, 1.82) is 0 Å². The minimum Gasteiger partial charge on any atom is -0.453 e. The lowest BCUT2D eigenvalue weighted by molar-refractivity contribution is -0.159. The fourth-order valence-electron chi connectivity index (χ4n) is 10.2. The quantitative estimate of drug-likeness (QED) is 0.0200. The second kappa shape index (κ2) is 41.5. The summed E-state index contributed by atoms with van der Waals surface area (Å²) in [5.41, 5.74) is 15.3. The van der Waals surface area contributed by atoms with Gasteiger partial charge in [-0.2, -0.15) is 0 Å². The standard InChI is InChI=1S/C68H107N15O20/c1-14-36(6)46-60(95)81-47(37(7)85)59(94)73-30-45(86)79-49(52(88)54(69)89)62(97)76-43(31-84)64(99)103-53(39-24-19-16-20-25-39)50(83-58(93)44(33-102-68(11,12)13)77-57(92)42(29-67(8,9)10)78-66(100)101-32-38-22-17-15-18-23-38)63(98)82-48(51(87)35(4)5)61(96)75-41(28-34(2)3)56(91)74-40(55(90)80-46)26-21-27-72-65(70)71/h15-20,22-25,34-37,40-44,46-53,84-85,87-88H,14,21,26-33H2,1-13H3,(H2,69,89)(H,73,94)(H,74,91)(H,75,96)(H,76,97)(H,77,92)(H,78,100)(H,79,86)(H,80,90)(H,81,95)(H,82,98)(H,83,93)(H4,70,71,72)/t36-,37-,40+,41-,42+,43-,44-,46?,47?,48-,49-,50-,51+,52-,53+/m0/s1. The summed E-state index contributed by atoms with van der Waals surface area (Å²) < 4.78 is 17.5. The molecule has 0 saturated carbocycles. The van der Waals surface area contributed by atoms with E-state index in [0.29, 0.717) is 5.56 Å². The number of carbonyl (C=O) groups excluding carboxylic acids is 13. The van der Waals surface area contributed by atoms with Crippen LogP contribution in [-0.4, -0.2) is 214 Å². The molecule has 1 heterocycles. The third-order valence-corrected chi connectivity index (χ3v) is 16.0. The number of primary amides is 1. The lowest BCUT2D eigenvalue weighted by Gasteiger charge is -2.34. The van der Waals surface area contributed by atoms with Gasteiger partial charge in [0.15, 0.2) is 24.2 Å². The van der Waals surface area contributed by atoms with Gasteiger partial charge in [0.1, 0.15) is 61.0 Å². The summed E-state index contributed by atoms with van der Waals surface area (Å²) in [6, 6.07) is -3.48. The highest BCUT2D eigenvalue weighted by Gasteiger charge is 2.44. The first-order chi connectivity index (χ1) is 48.1. The van der Waals surface area contributed by atoms with Crippen molar-refractivity contribution in [2.45, 2.75) is 219 Å². The molecule has 35 nitrogen and oxygen atoms in total. The minimum atomic E-state index is -2.62. The van der Waals surface area contributed by atoms with Crippen molar-refractivity contribution >= 4 is 83.0 Å². The van der Waals surface area contributed by atoms with Crippen LogP contribution >= 0.6 is 0 Å². The van der Waals surface area contributed by atoms with E-state index in [9.17, 15) is 68.4 Å². The molecule has 3 rings (SSSR count). The number of carbonyl (C=O) groups is 13. The maximum Gasteiger partial charge on any atom is 0.408 e. The first-order valence-electron chi connectivity index (χ1n) is 33.9. The van der Waals surface area contributed by atoms with Crippen LogP contribution in [0.1, 0.15) is 139 Å². The topological polar surface area (TPSA) is 553 Å². The lowest BCUT2D eigenvalue weighted by Crippen LogP contribution is -2.64. The highest BCUT2D eigenvalue weighted by molar-refractivity contribution is 6.00. The normalized spacial score (nSPS) is 23.2. The zero-order valence-corrected chi connectivity index (χ0v) is 60.7. The molecule has 2 aromatic rings. The lowest BCUT2D eigenvalue weighted by atomic mass is 9.87. The van der Waals surface area contributed by atoms with Crippen LogP contribution < -0.4 is 75.7 Å². The number of amides is 12. The number of esters is 1. The molecule has 15 atom stereocenters. The molecule has 1 fully saturated rings. The summed E-state index contributed by atoms with van der Waals surface area (Å²) in [7, 11) is 0. The molecule has 21 N–H and O–H groups in total. The molecule has 0 radical (unpaired) electrons. The van der Waals surface area contributed by atoms with Crippen LogP contribution in [0.15, 0.2) is 65.7 Å². The first kappa shape index (κ1) is 87.6. The molecule has 574 valence electrons. The van der Waals surface area contributed by atoms with Crippen LogP contribution in [0.2, 0.25) is 0 Å². The Balaban J connectivity index is 2.45. The van der Waals surface area contributed by atoms with E-state index in [1.165, 1.54) is 44.2 Å². The molecule has 103 heavy (non-hydrogen) atoms. The van der Waals surface area contributed by atoms with Gasteiger partial charge in [-0.1, -0.05) is 129 Å². The van der Waals surface area contributed by atoms with Crippen molar-refractivity contribution in [3.05, 3.63) is 71.8 Å². The number of aliphatic imine (C=N–C) groups is 1. The van der Waals surface area contributed by atoms with E-state index in [-0.39, 0.29) is 56.8 Å². The molecule has 0 aromatic heterocycles. The number of aliphatic hydroxyl groups excluding tert-OH is 4. The van der Waals surface area contributed by atoms with Crippen molar-refractivity contribution < 1.29 is 97.0 Å². The summed E-state index contributed by atoms with van der Waals surface area (Å²) in [5, 5.41) is 71.0. The molecule has 0 spiro atoms. The number of cyclic esters (lactones) is 1. The molecular formula is C68H107N15O20. The fraction of sp³-hybridized carbons (Fsp3) is 0.618. The van der Waals surface area contributed by atoms with Gasteiger partial charge >= 0.3 is 12.1 Å². The minimum absolute atomic E-state index is 0.0203. The van der Waals surface area contributed by atoms with Gasteiger partial charge in [0.05, 0.1) is 37.6 Å². The maximum absolute atomic E-state index is 15.7. The van der Waals surface area contributed by atoms with Gasteiger partial charge in [-0.05, 0) is 87.7 Å². The van der Waals surface area contributed by atoms with E-state index >= 15 is 14.4 Å². The Morgan fingerprint density at radius 1 is 0.650 bits per heavy atom. The maximum atomic E-state index is 15.7. The number of alkyl carbamates (subject to hydrolysis) is 1. The van der Waals surface area contributed by atoms with Crippen LogP contribution in [0, 0.1) is 23.2 Å². The predicted molar refractivity (Wildman–Crippen MR) is 373 cm³/mol. The van der Waals surface area contributed by atoms with Crippen LogP contribution in [0.4, 0.5) is 4.79 Å². The number of hydrogen-bond donors (Lipinski definition) is 18. The fourth-order valence-corrected chi connectivity index (χ4v) is 10.2. The van der Waals surface area contributed by atoms with Gasteiger partial charge in [0.25, 0.3) is 0 Å². The van der Waals surface area contributed by atoms with Crippen molar-refractivity contribution in [3.63, 3.8) is 0 Å². The third kappa shape index (κ3) is 30.1. The summed E-state index contributed by atoms with van der Waals surface area (Å²) in [6.45, 7) is 17.3. The average molecular weight is 1450 g/mol. The Morgan fingerprint density at radius 2 is 1.20 bits per heavy atom. The number of guanidine groups is 1. The van der Waals surface area contributed by atoms with E-state index in [1.54, 1.807) is 99.6 Å². The van der Waals surface area contributed by atoms with Crippen molar-refractivity contribution in [2.24, 2.45) is 45.4 Å². The Labute approximate surface area is 599 Å². The smallest absolute Gasteiger partial charge is 0.408 e. The number of aliphatic hydroxyl groups is 4. The second-order valence-corrected chi connectivity index (χ2v) is 28.1. The van der Waals surface area contributed by atoms with Crippen molar-refractivity contribution in [3.8, 4) is 0 Å². The number of hydrogen-bond acceptors (Lipinski definition) is 21. The third-order valence-electron chi connectivity index (χ3n) is 16.0. The van der Waals surface area contributed by atoms with Gasteiger partial charge in [-0.15, -0.1) is 0 Å². The molecule has 1 aliphatic rings. The molecule has 1 aliphatic heterocycles. The summed E-state index contributed by atoms with van der Waals surface area (Å²) in [5.74, 6) is -17.8. The van der Waals surface area contributed by atoms with Crippen LogP contribution in [0.25, 0.3) is 0 Å². The van der Waals surface area contributed by atoms with Crippen LogP contribution in [0.3, 0.4) is 0 Å². The number of benzene rings is 2. The van der Waals surface area contributed by atoms with Crippen LogP contribution in [0.5, 0.6) is 0 Å². The van der Waals surface area contributed by atoms with E-state index in [0.717, 1.165) is 6.92 Å². The average Bonchev–Trinajstić information content (AvgIpc) is 0.770. The Kier molecular flexibility index (Phi) is 35.3. The monoisotopic (exact) mass is 1450 g/mol. The number of ether oxygens (including phenoxy) is 3. The van der Waals surface area contributed by atoms with E-state index in [1.807, 2.05) is 10.6 Å². The number of rotatable bonds is 25. The van der Waals surface area contributed by atoms with E-state index < -0.39 is 210 Å². The van der Waals surface area contributed by atoms with Crippen molar-refractivity contribution in [2.75, 3.05) is 26.3 Å². The van der Waals surface area contributed by atoms with Gasteiger partial charge in [-0.25, -0.2) is 9.59 Å². The van der Waals surface area contributed by atoms with Gasteiger partial charge < -0.3 is 110 Å². The van der Waals surface area contributed by atoms with Gasteiger partial charge in [-0.3, -0.25) is 57.7 Å². The number of nitrogens with one attached hydrogen (secondary N) is 11. The summed E-state index contributed by atoms with van der Waals surface area (Å²) >= 11 is 0. The summed E-state index contributed by atoms with van der Waals surface area (Å²) in [6.07, 6.45) is -9.61. The molecule has 12 amide bonds. The van der Waals surface area contributed by atoms with Gasteiger partial charge in [0.2, 0.25) is 65.0 Å². The van der Waals surface area contributed by atoms with Crippen LogP contribution in [-0.2, 0) is 78.4 Å². The summed E-state index contributed by atoms with van der Waals surface area (Å²) in [4.78, 5) is 191. The Morgan fingerprint density at radius 3 is 1.75 bits per heavy atom. The van der Waals surface area contributed by atoms with E-state index in [4.69, 9.17) is 31.4 Å². The molecule has 0 bridgehead atoms. The zero-order chi connectivity index (χ0) is 77.8. The van der Waals surface area contributed by atoms with E-state index in [2.05, 4.69) is 52.8 Å². The predicted octanol–water partition coefficient (Wildman–Crippen LogP) is -3.31. The molecule has 35 heteroatoms. The first-order valence-corrected chi connectivity index (χ1v) is 33.9. The van der Waals surface area contributed by atoms with Gasteiger partial charge in [0, 0.05) is 6.54 Å². The molecule has 2 aromatic carbocycles. The number of nitrogens with two attached hydrogens (primary N) is 3. The largest absolute Gasteiger partial charge is 0.453 e. The zero-order valence-electron chi connectivity index (χ0n) is 60.7. The SMILES string of the molecule is CC[C@H](C)C1NC(=O)[C@@H](CCCN=C(N)N)NC(=O)[C@H](CC(C)C)NC(=O)[C@H]([C@H](O)C(C)C)NC(=O)[C@@H](NC(=O)[C@H](COC(C)(C)C)NC(=O)[C@@H](CC(C)(C)C)NC(=O)OCc2ccccc2)[C@@H](c2ccccc2)OC(=O)[C@H](CO)NC(=O)[C@H]([C@H](O)C(N)=O)NC(=O)CNC(=O)C([C@H](C)O)NC1=O.